The summed E-state index contributed by atoms with van der Waals surface area (Å²) < 4.78 is 0. The Morgan fingerprint density at radius 3 is 3.33 bits per heavy atom. The van der Waals surface area contributed by atoms with Crippen LogP contribution in [0.25, 0.3) is 0 Å². The smallest absolute Gasteiger partial charge is 0.135 e. The second kappa shape index (κ2) is 4.66. The van der Waals surface area contributed by atoms with Gasteiger partial charge in [0.1, 0.15) is 12.3 Å². The fourth-order valence-electron chi connectivity index (χ4n) is 0.625. The van der Waals surface area contributed by atoms with Gasteiger partial charge in [-0.2, -0.15) is 0 Å². The Hall–Kier alpha value is -1.16. The van der Waals surface area contributed by atoms with Crippen LogP contribution in [0.15, 0.2) is 28.7 Å². The fraction of sp³-hybridized carbons (Fsp3) is 0.250. The van der Waals surface area contributed by atoms with Gasteiger partial charge in [0, 0.05) is 5.38 Å². The molecule has 12 heavy (non-hydrogen) atoms. The van der Waals surface area contributed by atoms with Crippen LogP contribution in [0.4, 0.5) is 0 Å². The maximum atomic E-state index is 4.90. The minimum absolute atomic E-state index is 0.432. The Balaban J connectivity index is 2.52. The molecule has 0 atom stereocenters. The van der Waals surface area contributed by atoms with Crippen LogP contribution >= 0.6 is 11.3 Å². The van der Waals surface area contributed by atoms with Crippen LogP contribution < -0.4 is 0 Å². The maximum absolute atomic E-state index is 4.90. The average Bonchev–Trinajstić information content (AvgIpc) is 2.56. The van der Waals surface area contributed by atoms with Crippen molar-refractivity contribution in [2.75, 3.05) is 6.61 Å². The number of oxime groups is 1. The summed E-state index contributed by atoms with van der Waals surface area (Å²) in [6.07, 6.45) is 1.65. The lowest BCUT2D eigenvalue weighted by Gasteiger charge is -1.95. The second-order valence-corrected chi connectivity index (χ2v) is 2.85. The van der Waals surface area contributed by atoms with Gasteiger partial charge in [0.2, 0.25) is 0 Å². The largest absolute Gasteiger partial charge is 0.391 e. The highest BCUT2D eigenvalue weighted by Gasteiger charge is 1.98. The van der Waals surface area contributed by atoms with Gasteiger partial charge in [-0.25, -0.2) is 4.98 Å². The second-order valence-electron chi connectivity index (χ2n) is 2.13. The zero-order chi connectivity index (χ0) is 8.81. The number of rotatable bonds is 4. The van der Waals surface area contributed by atoms with Crippen LogP contribution in [0.2, 0.25) is 0 Å². The van der Waals surface area contributed by atoms with E-state index in [0.717, 1.165) is 11.4 Å². The Labute approximate surface area is 75.4 Å². The maximum Gasteiger partial charge on any atom is 0.135 e. The summed E-state index contributed by atoms with van der Waals surface area (Å²) in [6.45, 7) is 5.80. The number of hydrogen-bond donors (Lipinski definition) is 0. The molecule has 0 aliphatic carbocycles. The Bertz CT molecular complexity index is 267. The molecule has 3 nitrogen and oxygen atoms in total. The summed E-state index contributed by atoms with van der Waals surface area (Å²) in [5, 5.41) is 5.77. The van der Waals surface area contributed by atoms with Gasteiger partial charge in [-0.1, -0.05) is 17.8 Å². The van der Waals surface area contributed by atoms with Crippen LogP contribution in [0.3, 0.4) is 0 Å². The third kappa shape index (κ3) is 2.47. The van der Waals surface area contributed by atoms with Gasteiger partial charge in [-0.15, -0.1) is 11.3 Å². The van der Waals surface area contributed by atoms with Crippen molar-refractivity contribution >= 4 is 17.0 Å². The van der Waals surface area contributed by atoms with Crippen molar-refractivity contribution < 1.29 is 4.84 Å². The van der Waals surface area contributed by atoms with Gasteiger partial charge < -0.3 is 4.84 Å². The first-order valence-corrected chi connectivity index (χ1v) is 4.45. The Kier molecular flexibility index (Phi) is 3.47. The van der Waals surface area contributed by atoms with E-state index in [0.29, 0.717) is 6.61 Å². The fourth-order valence-corrected chi connectivity index (χ4v) is 1.22. The van der Waals surface area contributed by atoms with E-state index < -0.39 is 0 Å². The van der Waals surface area contributed by atoms with Crippen molar-refractivity contribution in [2.24, 2.45) is 5.16 Å². The lowest BCUT2D eigenvalue weighted by Crippen LogP contribution is -1.96. The van der Waals surface area contributed by atoms with Gasteiger partial charge in [0.25, 0.3) is 0 Å². The molecule has 1 heterocycles. The summed E-state index contributed by atoms with van der Waals surface area (Å²) in [5.74, 6) is 0. The monoisotopic (exact) mass is 182 g/mol. The quantitative estimate of drug-likeness (QED) is 0.309. The van der Waals surface area contributed by atoms with E-state index >= 15 is 0 Å². The van der Waals surface area contributed by atoms with Gasteiger partial charge >= 0.3 is 0 Å². The summed E-state index contributed by atoms with van der Waals surface area (Å²) >= 11 is 1.54. The lowest BCUT2D eigenvalue weighted by atomic mass is 10.3. The summed E-state index contributed by atoms with van der Waals surface area (Å²) in [7, 11) is 0. The van der Waals surface area contributed by atoms with E-state index in [9.17, 15) is 0 Å². The van der Waals surface area contributed by atoms with Gasteiger partial charge in [0.15, 0.2) is 0 Å². The first-order chi connectivity index (χ1) is 5.84. The molecule has 0 saturated carbocycles. The molecule has 0 radical (unpaired) electrons. The summed E-state index contributed by atoms with van der Waals surface area (Å²) in [4.78, 5) is 8.98. The molecule has 64 valence electrons. The third-order valence-corrected chi connectivity index (χ3v) is 1.78. The molecule has 0 fully saturated rings. The number of hydrogen-bond acceptors (Lipinski definition) is 4. The van der Waals surface area contributed by atoms with Crippen molar-refractivity contribution in [3.8, 4) is 0 Å². The standard InChI is InChI=1S/C8H10N2OS/c1-3-4-11-10-7(2)8-5-12-6-9-8/h3,5-6H,1,4H2,2H3. The molecular formula is C8H10N2OS. The zero-order valence-electron chi connectivity index (χ0n) is 6.86. The Morgan fingerprint density at radius 2 is 2.75 bits per heavy atom. The predicted octanol–water partition coefficient (Wildman–Crippen LogP) is 2.07. The van der Waals surface area contributed by atoms with Crippen LogP contribution in [0.1, 0.15) is 12.6 Å². The van der Waals surface area contributed by atoms with E-state index in [4.69, 9.17) is 4.84 Å². The Morgan fingerprint density at radius 1 is 1.92 bits per heavy atom. The molecule has 0 saturated heterocycles. The van der Waals surface area contributed by atoms with E-state index in [1.54, 1.807) is 11.6 Å². The molecule has 0 amide bonds. The number of aromatic nitrogens is 1. The molecule has 0 aliphatic rings. The van der Waals surface area contributed by atoms with Crippen LogP contribution in [0, 0.1) is 0 Å². The van der Waals surface area contributed by atoms with Crippen molar-refractivity contribution in [3.63, 3.8) is 0 Å². The van der Waals surface area contributed by atoms with Gasteiger partial charge in [-0.3, -0.25) is 0 Å². The normalized spacial score (nSPS) is 11.2. The van der Waals surface area contributed by atoms with Crippen molar-refractivity contribution in [1.82, 2.24) is 4.98 Å². The van der Waals surface area contributed by atoms with Crippen molar-refractivity contribution in [1.29, 1.82) is 0 Å². The molecule has 0 unspecified atom stereocenters. The summed E-state index contributed by atoms with van der Waals surface area (Å²) in [6, 6.07) is 0. The third-order valence-electron chi connectivity index (χ3n) is 1.20. The average molecular weight is 182 g/mol. The molecule has 0 N–H and O–H groups in total. The SMILES string of the molecule is C=CCON=C(C)c1cscn1. The van der Waals surface area contributed by atoms with Crippen molar-refractivity contribution in [2.45, 2.75) is 6.92 Å². The zero-order valence-corrected chi connectivity index (χ0v) is 7.67. The van der Waals surface area contributed by atoms with E-state index in [-0.39, 0.29) is 0 Å². The topological polar surface area (TPSA) is 34.5 Å². The van der Waals surface area contributed by atoms with Crippen molar-refractivity contribution in [3.05, 3.63) is 29.2 Å². The minimum atomic E-state index is 0.432. The molecule has 1 aromatic heterocycles. The number of thiazole rings is 1. The van der Waals surface area contributed by atoms with Crippen LogP contribution in [-0.4, -0.2) is 17.3 Å². The summed E-state index contributed by atoms with van der Waals surface area (Å²) in [5.41, 5.74) is 3.42. The highest BCUT2D eigenvalue weighted by atomic mass is 32.1. The molecule has 4 heteroatoms. The molecular weight excluding hydrogens is 172 g/mol. The molecule has 0 spiro atoms. The van der Waals surface area contributed by atoms with Gasteiger partial charge in [0.05, 0.1) is 11.2 Å². The first-order valence-electron chi connectivity index (χ1n) is 3.50. The van der Waals surface area contributed by atoms with E-state index in [1.165, 1.54) is 11.3 Å². The van der Waals surface area contributed by atoms with E-state index in [1.807, 2.05) is 12.3 Å². The van der Waals surface area contributed by atoms with Gasteiger partial charge in [-0.05, 0) is 6.92 Å². The van der Waals surface area contributed by atoms with Crippen LogP contribution in [-0.2, 0) is 4.84 Å². The van der Waals surface area contributed by atoms with Crippen LogP contribution in [0.5, 0.6) is 0 Å². The molecule has 1 aromatic rings. The highest BCUT2D eigenvalue weighted by molar-refractivity contribution is 7.07. The molecule has 0 bridgehead atoms. The minimum Gasteiger partial charge on any atom is -0.391 e. The lowest BCUT2D eigenvalue weighted by molar-refractivity contribution is 0.175. The van der Waals surface area contributed by atoms with E-state index in [2.05, 4.69) is 16.7 Å². The molecule has 0 aromatic carbocycles. The number of nitrogens with zero attached hydrogens (tertiary/aromatic N) is 2. The predicted molar refractivity (Wildman–Crippen MR) is 50.5 cm³/mol. The highest BCUT2D eigenvalue weighted by Crippen LogP contribution is 2.02. The first kappa shape index (κ1) is 8.93. The molecule has 0 aliphatic heterocycles. The molecule has 1 rings (SSSR count).